The van der Waals surface area contributed by atoms with Crippen LogP contribution in [0.3, 0.4) is 0 Å². The molecule has 0 spiro atoms. The quantitative estimate of drug-likeness (QED) is 0.735. The number of carbonyl (C=O) groups is 1. The van der Waals surface area contributed by atoms with E-state index in [1.54, 1.807) is 26.8 Å². The number of H-pyrrole nitrogens is 1. The average molecular weight is 248 g/mol. The Hall–Kier alpha value is -2.22. The number of rotatable bonds is 1. The Morgan fingerprint density at radius 3 is 2.72 bits per heavy atom. The van der Waals surface area contributed by atoms with Gasteiger partial charge in [0.15, 0.2) is 0 Å². The van der Waals surface area contributed by atoms with Gasteiger partial charge in [-0.3, -0.25) is 4.79 Å². The van der Waals surface area contributed by atoms with Crippen LogP contribution >= 0.6 is 0 Å². The van der Waals surface area contributed by atoms with Crippen molar-refractivity contribution in [1.29, 1.82) is 0 Å². The highest BCUT2D eigenvalue weighted by Crippen LogP contribution is 2.05. The Bertz CT molecular complexity index is 509. The molecule has 0 unspecified atom stereocenters. The number of ether oxygens (including phenoxy) is 1. The van der Waals surface area contributed by atoms with Crippen LogP contribution in [-0.4, -0.2) is 23.2 Å². The lowest BCUT2D eigenvalue weighted by atomic mass is 10.2. The minimum absolute atomic E-state index is 0.174. The molecule has 1 amide bonds. The van der Waals surface area contributed by atoms with Crippen molar-refractivity contribution in [1.82, 2.24) is 10.3 Å². The van der Waals surface area contributed by atoms with Crippen molar-refractivity contribution in [2.45, 2.75) is 26.4 Å². The molecular weight excluding hydrogens is 232 g/mol. The number of aromatic nitrogens is 1. The average Bonchev–Trinajstić information content (AvgIpc) is 2.24. The fraction of sp³-hybridized carbons (Fsp3) is 0.385. The first-order valence-electron chi connectivity index (χ1n) is 5.51. The predicted molar refractivity (Wildman–Crippen MR) is 68.2 cm³/mol. The molecule has 0 aliphatic rings. The van der Waals surface area contributed by atoms with Crippen LogP contribution in [0.1, 0.15) is 26.3 Å². The lowest BCUT2D eigenvalue weighted by Gasteiger charge is -2.18. The summed E-state index contributed by atoms with van der Waals surface area (Å²) in [4.78, 5) is 24.6. The SMILES string of the molecule is CC(C)(C)OC(=O)NCC#Cc1ccc(=O)[nH]c1. The highest BCUT2D eigenvalue weighted by atomic mass is 16.6. The molecule has 1 heterocycles. The fourth-order valence-electron chi connectivity index (χ4n) is 1.07. The van der Waals surface area contributed by atoms with Crippen molar-refractivity contribution < 1.29 is 9.53 Å². The second kappa shape index (κ2) is 5.92. The van der Waals surface area contributed by atoms with Gasteiger partial charge in [0, 0.05) is 17.8 Å². The molecule has 0 saturated carbocycles. The van der Waals surface area contributed by atoms with Crippen molar-refractivity contribution >= 4 is 6.09 Å². The summed E-state index contributed by atoms with van der Waals surface area (Å²) in [6, 6.07) is 3.00. The summed E-state index contributed by atoms with van der Waals surface area (Å²) in [5.74, 6) is 5.55. The highest BCUT2D eigenvalue weighted by molar-refractivity contribution is 5.68. The molecule has 1 aromatic heterocycles. The van der Waals surface area contributed by atoms with Crippen LogP contribution < -0.4 is 10.9 Å². The van der Waals surface area contributed by atoms with Gasteiger partial charge < -0.3 is 15.0 Å². The van der Waals surface area contributed by atoms with E-state index >= 15 is 0 Å². The second-order valence-electron chi connectivity index (χ2n) is 4.60. The molecule has 1 aromatic rings. The van der Waals surface area contributed by atoms with E-state index in [-0.39, 0.29) is 12.1 Å². The molecule has 5 nitrogen and oxygen atoms in total. The molecule has 1 rings (SSSR count). The monoisotopic (exact) mass is 248 g/mol. The first-order chi connectivity index (χ1) is 8.37. The first kappa shape index (κ1) is 13.8. The maximum absolute atomic E-state index is 11.3. The summed E-state index contributed by atoms with van der Waals surface area (Å²) in [6.07, 6.45) is 1.02. The number of hydrogen-bond acceptors (Lipinski definition) is 3. The van der Waals surface area contributed by atoms with E-state index in [1.165, 1.54) is 12.3 Å². The number of pyridine rings is 1. The Kier molecular flexibility index (Phi) is 4.55. The molecule has 0 saturated heterocycles. The predicted octanol–water partition coefficient (Wildman–Crippen LogP) is 1.25. The number of amides is 1. The summed E-state index contributed by atoms with van der Waals surface area (Å²) in [5, 5.41) is 2.51. The molecular formula is C13H16N2O3. The van der Waals surface area contributed by atoms with E-state index in [9.17, 15) is 9.59 Å². The number of carbonyl (C=O) groups excluding carboxylic acids is 1. The van der Waals surface area contributed by atoms with Gasteiger partial charge in [-0.15, -0.1) is 0 Å². The van der Waals surface area contributed by atoms with Crippen LogP contribution in [0.15, 0.2) is 23.1 Å². The fourth-order valence-corrected chi connectivity index (χ4v) is 1.07. The molecule has 0 fully saturated rings. The second-order valence-corrected chi connectivity index (χ2v) is 4.60. The molecule has 0 radical (unpaired) electrons. The molecule has 5 heteroatoms. The molecule has 0 aliphatic heterocycles. The zero-order chi connectivity index (χ0) is 13.6. The largest absolute Gasteiger partial charge is 0.444 e. The molecule has 96 valence electrons. The van der Waals surface area contributed by atoms with E-state index in [0.29, 0.717) is 5.56 Å². The topological polar surface area (TPSA) is 71.2 Å². The van der Waals surface area contributed by atoms with Gasteiger partial charge in [-0.2, -0.15) is 0 Å². The van der Waals surface area contributed by atoms with Gasteiger partial charge in [-0.25, -0.2) is 4.79 Å². The Morgan fingerprint density at radius 1 is 1.44 bits per heavy atom. The van der Waals surface area contributed by atoms with Crippen LogP contribution in [0.4, 0.5) is 4.79 Å². The molecule has 18 heavy (non-hydrogen) atoms. The van der Waals surface area contributed by atoms with Crippen LogP contribution in [0, 0.1) is 11.8 Å². The molecule has 0 atom stereocenters. The van der Waals surface area contributed by atoms with Gasteiger partial charge in [0.25, 0.3) is 0 Å². The summed E-state index contributed by atoms with van der Waals surface area (Å²) < 4.78 is 5.04. The van der Waals surface area contributed by atoms with Gasteiger partial charge in [0.1, 0.15) is 5.60 Å². The summed E-state index contributed by atoms with van der Waals surface area (Å²) in [5.41, 5.74) is -0.0100. The van der Waals surface area contributed by atoms with Gasteiger partial charge in [0.2, 0.25) is 5.56 Å². The van der Waals surface area contributed by atoms with E-state index in [4.69, 9.17) is 4.74 Å². The lowest BCUT2D eigenvalue weighted by molar-refractivity contribution is 0.0535. The highest BCUT2D eigenvalue weighted by Gasteiger charge is 2.14. The third kappa shape index (κ3) is 5.75. The van der Waals surface area contributed by atoms with E-state index in [1.807, 2.05) is 0 Å². The molecule has 0 bridgehead atoms. The molecule has 0 aliphatic carbocycles. The molecule has 0 aromatic carbocycles. The van der Waals surface area contributed by atoms with Gasteiger partial charge in [-0.1, -0.05) is 11.8 Å². The third-order valence-electron chi connectivity index (χ3n) is 1.74. The maximum Gasteiger partial charge on any atom is 0.408 e. The van der Waals surface area contributed by atoms with E-state index < -0.39 is 11.7 Å². The number of alkyl carbamates (subject to hydrolysis) is 1. The van der Waals surface area contributed by atoms with Gasteiger partial charge in [-0.05, 0) is 26.8 Å². The lowest BCUT2D eigenvalue weighted by Crippen LogP contribution is -2.32. The normalized spacial score (nSPS) is 10.2. The zero-order valence-corrected chi connectivity index (χ0v) is 10.7. The standard InChI is InChI=1S/C13H16N2O3/c1-13(2,3)18-12(17)14-8-4-5-10-6-7-11(16)15-9-10/h6-7,9H,8H2,1-3H3,(H,14,17)(H,15,16). The minimum Gasteiger partial charge on any atom is -0.444 e. The minimum atomic E-state index is -0.517. The summed E-state index contributed by atoms with van der Waals surface area (Å²) in [7, 11) is 0. The van der Waals surface area contributed by atoms with Crippen LogP contribution in [-0.2, 0) is 4.74 Å². The maximum atomic E-state index is 11.3. The Labute approximate surface area is 106 Å². The summed E-state index contributed by atoms with van der Waals surface area (Å²) in [6.45, 7) is 5.56. The van der Waals surface area contributed by atoms with Crippen molar-refractivity contribution in [2.75, 3.05) is 6.54 Å². The van der Waals surface area contributed by atoms with Gasteiger partial charge in [0.05, 0.1) is 6.54 Å². The van der Waals surface area contributed by atoms with Crippen molar-refractivity contribution in [3.8, 4) is 11.8 Å². The van der Waals surface area contributed by atoms with Crippen LogP contribution in [0.5, 0.6) is 0 Å². The van der Waals surface area contributed by atoms with Crippen molar-refractivity contribution in [3.05, 3.63) is 34.2 Å². The third-order valence-corrected chi connectivity index (χ3v) is 1.74. The molecule has 2 N–H and O–H groups in total. The van der Waals surface area contributed by atoms with Crippen molar-refractivity contribution in [2.24, 2.45) is 0 Å². The number of nitrogens with one attached hydrogen (secondary N) is 2. The Morgan fingerprint density at radius 2 is 2.17 bits per heavy atom. The number of hydrogen-bond donors (Lipinski definition) is 2. The first-order valence-corrected chi connectivity index (χ1v) is 5.51. The van der Waals surface area contributed by atoms with Crippen LogP contribution in [0.25, 0.3) is 0 Å². The Balaban J connectivity index is 2.41. The zero-order valence-electron chi connectivity index (χ0n) is 10.7. The summed E-state index contributed by atoms with van der Waals surface area (Å²) >= 11 is 0. The number of aromatic amines is 1. The smallest absolute Gasteiger partial charge is 0.408 e. The van der Waals surface area contributed by atoms with Crippen LogP contribution in [0.2, 0.25) is 0 Å². The van der Waals surface area contributed by atoms with E-state index in [0.717, 1.165) is 0 Å². The van der Waals surface area contributed by atoms with Crippen molar-refractivity contribution in [3.63, 3.8) is 0 Å². The van der Waals surface area contributed by atoms with E-state index in [2.05, 4.69) is 22.1 Å². The van der Waals surface area contributed by atoms with Gasteiger partial charge >= 0.3 is 6.09 Å².